The van der Waals surface area contributed by atoms with Crippen molar-refractivity contribution in [1.29, 1.82) is 0 Å². The van der Waals surface area contributed by atoms with Crippen LogP contribution in [-0.4, -0.2) is 44.8 Å². The van der Waals surface area contributed by atoms with Gasteiger partial charge < -0.3 is 10.2 Å². The fourth-order valence-corrected chi connectivity index (χ4v) is 6.02. The molecule has 1 saturated heterocycles. The van der Waals surface area contributed by atoms with Gasteiger partial charge in [0.05, 0.1) is 21.8 Å². The topological polar surface area (TPSA) is 86.8 Å². The van der Waals surface area contributed by atoms with E-state index in [4.69, 9.17) is 11.6 Å². The van der Waals surface area contributed by atoms with Gasteiger partial charge in [0.1, 0.15) is 6.54 Å². The summed E-state index contributed by atoms with van der Waals surface area (Å²) in [5, 5.41) is 3.23. The molecule has 0 atom stereocenters. The zero-order valence-electron chi connectivity index (χ0n) is 20.0. The number of nitrogens with zero attached hydrogens (tertiary/aromatic N) is 2. The zero-order valence-corrected chi connectivity index (χ0v) is 21.6. The largest absolute Gasteiger partial charge is 0.339 e. The third-order valence-electron chi connectivity index (χ3n) is 6.12. The van der Waals surface area contributed by atoms with E-state index in [-0.39, 0.29) is 10.8 Å². The van der Waals surface area contributed by atoms with Gasteiger partial charge in [0, 0.05) is 18.1 Å². The highest BCUT2D eigenvalue weighted by Gasteiger charge is 2.29. The molecule has 1 aliphatic rings. The van der Waals surface area contributed by atoms with Crippen LogP contribution in [0.4, 0.5) is 11.4 Å². The van der Waals surface area contributed by atoms with Gasteiger partial charge in [-0.3, -0.25) is 13.9 Å². The number of nitrogens with one attached hydrogen (secondary N) is 1. The number of hydrogen-bond donors (Lipinski definition) is 1. The number of halogens is 1. The minimum atomic E-state index is -4.07. The Morgan fingerprint density at radius 3 is 2.31 bits per heavy atom. The standard InChI is InChI=1S/C27H28ClN3O4S/c1-20-18-21(28)14-15-25(20)31(36(34,35)22-10-4-2-5-11-22)19-26(32)29-24-13-7-6-12-23(24)27(33)30-16-8-3-9-17-30/h2,4-7,10-15,18H,3,8-9,16-17,19H2,1H3,(H,29,32). The second kappa shape index (κ2) is 11.1. The number of aryl methyl sites for hydroxylation is 1. The number of anilines is 2. The van der Waals surface area contributed by atoms with E-state index in [1.165, 1.54) is 12.1 Å². The molecule has 0 radical (unpaired) electrons. The predicted octanol–water partition coefficient (Wildman–Crippen LogP) is 5.11. The Hall–Kier alpha value is -3.36. The van der Waals surface area contributed by atoms with E-state index in [1.807, 2.05) is 0 Å². The average molecular weight is 526 g/mol. The van der Waals surface area contributed by atoms with Crippen LogP contribution >= 0.6 is 11.6 Å². The second-order valence-electron chi connectivity index (χ2n) is 8.70. The Kier molecular flexibility index (Phi) is 7.96. The van der Waals surface area contributed by atoms with Crippen molar-refractivity contribution in [2.45, 2.75) is 31.1 Å². The second-order valence-corrected chi connectivity index (χ2v) is 11.0. The average Bonchev–Trinajstić information content (AvgIpc) is 2.88. The summed E-state index contributed by atoms with van der Waals surface area (Å²) in [7, 11) is -4.07. The monoisotopic (exact) mass is 525 g/mol. The molecule has 4 rings (SSSR count). The van der Waals surface area contributed by atoms with Crippen molar-refractivity contribution in [2.75, 3.05) is 29.3 Å². The molecule has 9 heteroatoms. The molecule has 1 aliphatic heterocycles. The highest BCUT2D eigenvalue weighted by Crippen LogP contribution is 2.29. The van der Waals surface area contributed by atoms with Gasteiger partial charge in [0.25, 0.3) is 15.9 Å². The summed E-state index contributed by atoms with van der Waals surface area (Å²) in [6, 6.07) is 19.6. The van der Waals surface area contributed by atoms with E-state index < -0.39 is 22.5 Å². The molecule has 0 aliphatic carbocycles. The summed E-state index contributed by atoms with van der Waals surface area (Å²) in [6.07, 6.45) is 3.00. The fourth-order valence-electron chi connectivity index (χ4n) is 4.28. The summed E-state index contributed by atoms with van der Waals surface area (Å²) in [5.74, 6) is -0.712. The summed E-state index contributed by atoms with van der Waals surface area (Å²) in [5.41, 5.74) is 1.68. The first-order valence-electron chi connectivity index (χ1n) is 11.8. The number of benzene rings is 3. The lowest BCUT2D eigenvalue weighted by atomic mass is 10.1. The number of likely N-dealkylation sites (tertiary alicyclic amines) is 1. The fraction of sp³-hybridized carbons (Fsp3) is 0.259. The Balaban J connectivity index is 1.63. The highest BCUT2D eigenvalue weighted by molar-refractivity contribution is 7.92. The van der Waals surface area contributed by atoms with Gasteiger partial charge in [-0.05, 0) is 74.2 Å². The molecule has 36 heavy (non-hydrogen) atoms. The third kappa shape index (κ3) is 5.71. The number of sulfonamides is 1. The predicted molar refractivity (Wildman–Crippen MR) is 142 cm³/mol. The van der Waals surface area contributed by atoms with Crippen LogP contribution in [0.15, 0.2) is 77.7 Å². The van der Waals surface area contributed by atoms with Crippen molar-refractivity contribution >= 4 is 44.8 Å². The van der Waals surface area contributed by atoms with Crippen LogP contribution < -0.4 is 9.62 Å². The molecule has 3 aromatic rings. The van der Waals surface area contributed by atoms with E-state index in [2.05, 4.69) is 5.32 Å². The SMILES string of the molecule is Cc1cc(Cl)ccc1N(CC(=O)Nc1ccccc1C(=O)N1CCCCC1)S(=O)(=O)c1ccccc1. The Labute approximate surface area is 216 Å². The molecule has 0 bridgehead atoms. The van der Waals surface area contributed by atoms with Crippen LogP contribution in [0.25, 0.3) is 0 Å². The van der Waals surface area contributed by atoms with E-state index in [9.17, 15) is 18.0 Å². The summed E-state index contributed by atoms with van der Waals surface area (Å²) in [4.78, 5) is 28.2. The number of carbonyl (C=O) groups is 2. The molecular formula is C27H28ClN3O4S. The molecule has 0 unspecified atom stereocenters. The molecule has 2 amide bonds. The Bertz CT molecular complexity index is 1360. The smallest absolute Gasteiger partial charge is 0.264 e. The number of carbonyl (C=O) groups excluding carboxylic acids is 2. The van der Waals surface area contributed by atoms with Gasteiger partial charge in [0.2, 0.25) is 5.91 Å². The summed E-state index contributed by atoms with van der Waals surface area (Å²) < 4.78 is 28.3. The normalized spacial score (nSPS) is 13.8. The molecule has 3 aromatic carbocycles. The van der Waals surface area contributed by atoms with Crippen molar-refractivity contribution in [1.82, 2.24) is 4.90 Å². The minimum absolute atomic E-state index is 0.0628. The lowest BCUT2D eigenvalue weighted by Gasteiger charge is -2.28. The van der Waals surface area contributed by atoms with Crippen LogP contribution in [0.3, 0.4) is 0 Å². The summed E-state index contributed by atoms with van der Waals surface area (Å²) >= 11 is 6.09. The Morgan fingerprint density at radius 2 is 1.61 bits per heavy atom. The molecular weight excluding hydrogens is 498 g/mol. The van der Waals surface area contributed by atoms with Gasteiger partial charge in [0.15, 0.2) is 0 Å². The van der Waals surface area contributed by atoms with E-state index in [1.54, 1.807) is 72.5 Å². The van der Waals surface area contributed by atoms with Crippen molar-refractivity contribution in [3.8, 4) is 0 Å². The lowest BCUT2D eigenvalue weighted by molar-refractivity contribution is -0.114. The lowest BCUT2D eigenvalue weighted by Crippen LogP contribution is -2.39. The first-order valence-corrected chi connectivity index (χ1v) is 13.6. The molecule has 0 aromatic heterocycles. The molecule has 1 heterocycles. The molecule has 188 valence electrons. The van der Waals surface area contributed by atoms with Crippen LogP contribution in [0.5, 0.6) is 0 Å². The molecule has 1 fully saturated rings. The number of amides is 2. The zero-order chi connectivity index (χ0) is 25.7. The highest BCUT2D eigenvalue weighted by atomic mass is 35.5. The van der Waals surface area contributed by atoms with Gasteiger partial charge in [-0.2, -0.15) is 0 Å². The van der Waals surface area contributed by atoms with Crippen LogP contribution in [0.2, 0.25) is 5.02 Å². The van der Waals surface area contributed by atoms with Crippen LogP contribution in [0.1, 0.15) is 35.2 Å². The molecule has 0 spiro atoms. The number of para-hydroxylation sites is 1. The van der Waals surface area contributed by atoms with E-state index in [0.29, 0.717) is 40.6 Å². The van der Waals surface area contributed by atoms with E-state index in [0.717, 1.165) is 23.6 Å². The maximum absolute atomic E-state index is 13.6. The quantitative estimate of drug-likeness (QED) is 0.464. The molecule has 1 N–H and O–H groups in total. The molecule has 7 nitrogen and oxygen atoms in total. The van der Waals surface area contributed by atoms with Crippen LogP contribution in [-0.2, 0) is 14.8 Å². The van der Waals surface area contributed by atoms with Gasteiger partial charge in [-0.15, -0.1) is 0 Å². The Morgan fingerprint density at radius 1 is 0.944 bits per heavy atom. The van der Waals surface area contributed by atoms with Crippen molar-refractivity contribution in [3.63, 3.8) is 0 Å². The molecule has 0 saturated carbocycles. The van der Waals surface area contributed by atoms with Gasteiger partial charge >= 0.3 is 0 Å². The van der Waals surface area contributed by atoms with Gasteiger partial charge in [-0.1, -0.05) is 41.9 Å². The first kappa shape index (κ1) is 25.7. The maximum atomic E-state index is 13.6. The maximum Gasteiger partial charge on any atom is 0.264 e. The number of piperidine rings is 1. The van der Waals surface area contributed by atoms with Crippen molar-refractivity contribution in [2.24, 2.45) is 0 Å². The summed E-state index contributed by atoms with van der Waals surface area (Å²) in [6.45, 7) is 2.62. The van der Waals surface area contributed by atoms with Gasteiger partial charge in [-0.25, -0.2) is 8.42 Å². The third-order valence-corrected chi connectivity index (χ3v) is 8.13. The van der Waals surface area contributed by atoms with Crippen molar-refractivity contribution < 1.29 is 18.0 Å². The minimum Gasteiger partial charge on any atom is -0.339 e. The van der Waals surface area contributed by atoms with Crippen LogP contribution in [0, 0.1) is 6.92 Å². The first-order chi connectivity index (χ1) is 17.3. The van der Waals surface area contributed by atoms with E-state index >= 15 is 0 Å². The number of hydrogen-bond acceptors (Lipinski definition) is 4. The van der Waals surface area contributed by atoms with Crippen molar-refractivity contribution in [3.05, 3.63) is 88.9 Å². The number of rotatable bonds is 7.